The summed E-state index contributed by atoms with van der Waals surface area (Å²) >= 11 is 0. The summed E-state index contributed by atoms with van der Waals surface area (Å²) in [6.45, 7) is 4.97. The quantitative estimate of drug-likeness (QED) is 0.829. The highest BCUT2D eigenvalue weighted by atomic mass is 15.2. The summed E-state index contributed by atoms with van der Waals surface area (Å²) in [5, 5.41) is 3.45. The SMILES string of the molecule is Cc1cccnc1N1CCNCc2ccccc21. The lowest BCUT2D eigenvalue weighted by Crippen LogP contribution is -2.25. The third kappa shape index (κ3) is 1.97. The van der Waals surface area contributed by atoms with Gasteiger partial charge in [-0.3, -0.25) is 0 Å². The van der Waals surface area contributed by atoms with Crippen LogP contribution in [0.1, 0.15) is 11.1 Å². The Morgan fingerprint density at radius 1 is 1.17 bits per heavy atom. The molecule has 0 radical (unpaired) electrons. The van der Waals surface area contributed by atoms with E-state index in [1.165, 1.54) is 16.8 Å². The fraction of sp³-hybridized carbons (Fsp3) is 0.267. The molecule has 2 aromatic rings. The Morgan fingerprint density at radius 2 is 2.06 bits per heavy atom. The van der Waals surface area contributed by atoms with Crippen molar-refractivity contribution in [2.75, 3.05) is 18.0 Å². The van der Waals surface area contributed by atoms with Gasteiger partial charge in [0.05, 0.1) is 0 Å². The molecule has 1 aliphatic rings. The van der Waals surface area contributed by atoms with Gasteiger partial charge in [-0.05, 0) is 30.2 Å². The lowest BCUT2D eigenvalue weighted by atomic mass is 10.1. The summed E-state index contributed by atoms with van der Waals surface area (Å²) in [5.41, 5.74) is 3.82. The second-order valence-electron chi connectivity index (χ2n) is 4.60. The number of rotatable bonds is 1. The molecule has 0 bridgehead atoms. The molecule has 3 nitrogen and oxygen atoms in total. The standard InChI is InChI=1S/C15H17N3/c1-12-5-4-8-17-15(12)18-10-9-16-11-13-6-2-3-7-14(13)18/h2-8,16H,9-11H2,1H3. The molecule has 0 fully saturated rings. The van der Waals surface area contributed by atoms with Crippen LogP contribution in [0.5, 0.6) is 0 Å². The molecule has 1 aromatic carbocycles. The van der Waals surface area contributed by atoms with Crippen LogP contribution in [0.25, 0.3) is 0 Å². The first-order valence-corrected chi connectivity index (χ1v) is 6.34. The average Bonchev–Trinajstić information content (AvgIpc) is 2.62. The topological polar surface area (TPSA) is 28.2 Å². The first kappa shape index (κ1) is 11.2. The molecule has 1 aromatic heterocycles. The van der Waals surface area contributed by atoms with E-state index in [1.807, 2.05) is 12.3 Å². The molecule has 0 unspecified atom stereocenters. The first-order chi connectivity index (χ1) is 8.86. The highest BCUT2D eigenvalue weighted by Crippen LogP contribution is 2.29. The van der Waals surface area contributed by atoms with Gasteiger partial charge in [-0.15, -0.1) is 0 Å². The molecule has 3 heteroatoms. The van der Waals surface area contributed by atoms with Gasteiger partial charge in [0.1, 0.15) is 5.82 Å². The van der Waals surface area contributed by atoms with E-state index in [0.717, 1.165) is 25.5 Å². The largest absolute Gasteiger partial charge is 0.325 e. The lowest BCUT2D eigenvalue weighted by molar-refractivity contribution is 0.710. The zero-order chi connectivity index (χ0) is 12.4. The number of nitrogens with zero attached hydrogens (tertiary/aromatic N) is 2. The zero-order valence-corrected chi connectivity index (χ0v) is 10.6. The normalized spacial score (nSPS) is 15.1. The predicted octanol–water partition coefficient (Wildman–Crippen LogP) is 2.63. The minimum absolute atomic E-state index is 0.929. The van der Waals surface area contributed by atoms with Gasteiger partial charge >= 0.3 is 0 Å². The van der Waals surface area contributed by atoms with Crippen LogP contribution in [0, 0.1) is 6.92 Å². The van der Waals surface area contributed by atoms with Gasteiger partial charge in [0, 0.05) is 31.5 Å². The van der Waals surface area contributed by atoms with E-state index in [-0.39, 0.29) is 0 Å². The second kappa shape index (κ2) is 4.78. The Hall–Kier alpha value is -1.87. The molecule has 0 saturated heterocycles. The average molecular weight is 239 g/mol. The van der Waals surface area contributed by atoms with Crippen molar-refractivity contribution in [2.45, 2.75) is 13.5 Å². The van der Waals surface area contributed by atoms with Crippen LogP contribution in [0.4, 0.5) is 11.5 Å². The maximum absolute atomic E-state index is 4.54. The number of aryl methyl sites for hydroxylation is 1. The minimum atomic E-state index is 0.929. The summed E-state index contributed by atoms with van der Waals surface area (Å²) < 4.78 is 0. The van der Waals surface area contributed by atoms with E-state index in [1.54, 1.807) is 0 Å². The molecular weight excluding hydrogens is 222 g/mol. The molecule has 1 N–H and O–H groups in total. The van der Waals surface area contributed by atoms with E-state index in [2.05, 4.69) is 52.5 Å². The van der Waals surface area contributed by atoms with Crippen LogP contribution in [0.15, 0.2) is 42.6 Å². The van der Waals surface area contributed by atoms with E-state index in [0.29, 0.717) is 0 Å². The molecular formula is C15H17N3. The Morgan fingerprint density at radius 3 is 2.94 bits per heavy atom. The number of fused-ring (bicyclic) bond motifs is 1. The molecule has 0 aliphatic carbocycles. The van der Waals surface area contributed by atoms with E-state index < -0.39 is 0 Å². The second-order valence-corrected chi connectivity index (χ2v) is 4.60. The Kier molecular flexibility index (Phi) is 2.99. The number of anilines is 2. The van der Waals surface area contributed by atoms with Crippen molar-refractivity contribution in [3.8, 4) is 0 Å². The van der Waals surface area contributed by atoms with Crippen LogP contribution in [-0.2, 0) is 6.54 Å². The highest BCUT2D eigenvalue weighted by Gasteiger charge is 2.17. The van der Waals surface area contributed by atoms with Crippen LogP contribution in [-0.4, -0.2) is 18.1 Å². The molecule has 2 heterocycles. The number of aromatic nitrogens is 1. The van der Waals surface area contributed by atoms with Crippen molar-refractivity contribution in [1.29, 1.82) is 0 Å². The predicted molar refractivity (Wildman–Crippen MR) is 74.1 cm³/mol. The van der Waals surface area contributed by atoms with Crippen LogP contribution in [0.3, 0.4) is 0 Å². The Labute approximate surface area is 107 Å². The lowest BCUT2D eigenvalue weighted by Gasteiger charge is -2.24. The van der Waals surface area contributed by atoms with Crippen molar-refractivity contribution in [1.82, 2.24) is 10.3 Å². The van der Waals surface area contributed by atoms with Gasteiger partial charge in [-0.1, -0.05) is 24.3 Å². The number of nitrogens with one attached hydrogen (secondary N) is 1. The number of para-hydroxylation sites is 1. The fourth-order valence-electron chi connectivity index (χ4n) is 2.44. The van der Waals surface area contributed by atoms with Gasteiger partial charge in [0.25, 0.3) is 0 Å². The summed E-state index contributed by atoms with van der Waals surface area (Å²) in [4.78, 5) is 6.85. The summed E-state index contributed by atoms with van der Waals surface area (Å²) in [6.07, 6.45) is 1.86. The Bertz CT molecular complexity index is 551. The van der Waals surface area contributed by atoms with Crippen LogP contribution in [0.2, 0.25) is 0 Å². The maximum atomic E-state index is 4.54. The molecule has 0 spiro atoms. The van der Waals surface area contributed by atoms with Gasteiger partial charge < -0.3 is 10.2 Å². The number of hydrogen-bond donors (Lipinski definition) is 1. The molecule has 0 atom stereocenters. The smallest absolute Gasteiger partial charge is 0.135 e. The maximum Gasteiger partial charge on any atom is 0.135 e. The summed E-state index contributed by atoms with van der Waals surface area (Å²) in [6, 6.07) is 12.6. The molecule has 1 aliphatic heterocycles. The minimum Gasteiger partial charge on any atom is -0.325 e. The van der Waals surface area contributed by atoms with Crippen LogP contribution >= 0.6 is 0 Å². The monoisotopic (exact) mass is 239 g/mol. The van der Waals surface area contributed by atoms with Crippen LogP contribution < -0.4 is 10.2 Å². The van der Waals surface area contributed by atoms with Gasteiger partial charge in [-0.25, -0.2) is 4.98 Å². The third-order valence-electron chi connectivity index (χ3n) is 3.35. The molecule has 92 valence electrons. The van der Waals surface area contributed by atoms with E-state index in [4.69, 9.17) is 0 Å². The summed E-state index contributed by atoms with van der Waals surface area (Å²) in [7, 11) is 0. The molecule has 3 rings (SSSR count). The number of hydrogen-bond acceptors (Lipinski definition) is 3. The van der Waals surface area contributed by atoms with E-state index in [9.17, 15) is 0 Å². The zero-order valence-electron chi connectivity index (χ0n) is 10.6. The van der Waals surface area contributed by atoms with Crippen molar-refractivity contribution in [3.63, 3.8) is 0 Å². The van der Waals surface area contributed by atoms with Crippen molar-refractivity contribution >= 4 is 11.5 Å². The van der Waals surface area contributed by atoms with Crippen molar-refractivity contribution < 1.29 is 0 Å². The first-order valence-electron chi connectivity index (χ1n) is 6.34. The molecule has 0 amide bonds. The van der Waals surface area contributed by atoms with E-state index >= 15 is 0 Å². The molecule has 18 heavy (non-hydrogen) atoms. The molecule has 0 saturated carbocycles. The van der Waals surface area contributed by atoms with Gasteiger partial charge in [-0.2, -0.15) is 0 Å². The highest BCUT2D eigenvalue weighted by molar-refractivity contribution is 5.66. The third-order valence-corrected chi connectivity index (χ3v) is 3.35. The van der Waals surface area contributed by atoms with Crippen molar-refractivity contribution in [2.24, 2.45) is 0 Å². The number of pyridine rings is 1. The Balaban J connectivity index is 2.10. The van der Waals surface area contributed by atoms with Gasteiger partial charge in [0.15, 0.2) is 0 Å². The summed E-state index contributed by atoms with van der Waals surface area (Å²) in [5.74, 6) is 1.06. The number of benzene rings is 1. The van der Waals surface area contributed by atoms with Crippen molar-refractivity contribution in [3.05, 3.63) is 53.7 Å². The van der Waals surface area contributed by atoms with Gasteiger partial charge in [0.2, 0.25) is 0 Å². The fourth-order valence-corrected chi connectivity index (χ4v) is 2.44.